The van der Waals surface area contributed by atoms with Crippen molar-refractivity contribution in [2.24, 2.45) is 0 Å². The van der Waals surface area contributed by atoms with E-state index in [1.807, 2.05) is 0 Å². The first-order chi connectivity index (χ1) is 18.4. The molecule has 1 fully saturated rings. The second-order valence-corrected chi connectivity index (χ2v) is 9.65. The lowest BCUT2D eigenvalue weighted by molar-refractivity contribution is -0.159. The van der Waals surface area contributed by atoms with Crippen LogP contribution in [0.5, 0.6) is 0 Å². The Balaban J connectivity index is 1.51. The van der Waals surface area contributed by atoms with Gasteiger partial charge in [0.1, 0.15) is 24.5 Å². The Hall–Kier alpha value is -3.44. The number of alkyl halides is 6. The molecule has 1 amide bonds. The quantitative estimate of drug-likeness (QED) is 0.330. The maximum atomic E-state index is 13.9. The minimum absolute atomic E-state index is 0.0101. The fourth-order valence-corrected chi connectivity index (χ4v) is 4.77. The highest BCUT2D eigenvalue weighted by Crippen LogP contribution is 2.42. The fourth-order valence-electron chi connectivity index (χ4n) is 4.77. The molecule has 0 saturated carbocycles. The third-order valence-corrected chi connectivity index (χ3v) is 6.59. The molecule has 0 aliphatic carbocycles. The third-order valence-electron chi connectivity index (χ3n) is 6.59. The number of benzene rings is 2. The molecule has 3 atom stereocenters. The molecular weight excluding hydrogens is 524 g/mol. The van der Waals surface area contributed by atoms with E-state index in [4.69, 9.17) is 4.74 Å². The molecule has 4 rings (SSSR count). The molecule has 3 aromatic rings. The lowest BCUT2D eigenvalue weighted by Gasteiger charge is -2.32. The Morgan fingerprint density at radius 3 is 2.21 bits per heavy atom. The van der Waals surface area contributed by atoms with Gasteiger partial charge in [-0.25, -0.2) is 4.39 Å². The summed E-state index contributed by atoms with van der Waals surface area (Å²) in [6.07, 6.45) is -7.52. The number of hydrogen-bond acceptors (Lipinski definition) is 4. The molecule has 2 heterocycles. The standard InChI is InChI=1S/C28H27F6N3O2/c1-27(2)37(26(38)25(30)31)22(14-29)23(39-27)19-10-8-18(9-11-19)20-12-13-21(35-16-20)24(28(32,33)34)36-15-17-6-4-3-5-7-17/h3-13,16,22-25,36H,14-15H2,1-2H3/t22-,23-,24?/m1/s1. The van der Waals surface area contributed by atoms with Crippen molar-refractivity contribution in [1.82, 2.24) is 15.2 Å². The lowest BCUT2D eigenvalue weighted by atomic mass is 9.99. The number of aromatic nitrogens is 1. The predicted octanol–water partition coefficient (Wildman–Crippen LogP) is 6.38. The predicted molar refractivity (Wildman–Crippen MR) is 132 cm³/mol. The number of ether oxygens (including phenoxy) is 1. The zero-order valence-corrected chi connectivity index (χ0v) is 21.1. The molecular formula is C28H27F6N3O2. The summed E-state index contributed by atoms with van der Waals surface area (Å²) >= 11 is 0. The normalized spacial score (nSPS) is 19.9. The van der Waals surface area contributed by atoms with E-state index in [-0.39, 0.29) is 12.2 Å². The summed E-state index contributed by atoms with van der Waals surface area (Å²) in [5.74, 6) is -1.51. The number of pyridine rings is 1. The molecule has 2 aromatic carbocycles. The second-order valence-electron chi connectivity index (χ2n) is 9.65. The molecule has 208 valence electrons. The molecule has 1 aliphatic rings. The van der Waals surface area contributed by atoms with Crippen LogP contribution < -0.4 is 5.32 Å². The minimum atomic E-state index is -4.56. The highest BCUT2D eigenvalue weighted by Gasteiger charge is 2.52. The lowest BCUT2D eigenvalue weighted by Crippen LogP contribution is -2.51. The van der Waals surface area contributed by atoms with Crippen molar-refractivity contribution in [3.05, 3.63) is 89.7 Å². The van der Waals surface area contributed by atoms with E-state index >= 15 is 0 Å². The Bertz CT molecular complexity index is 1250. The van der Waals surface area contributed by atoms with Crippen molar-refractivity contribution in [2.45, 2.75) is 56.9 Å². The number of nitrogens with one attached hydrogen (secondary N) is 1. The van der Waals surface area contributed by atoms with Crippen molar-refractivity contribution < 1.29 is 35.9 Å². The summed E-state index contributed by atoms with van der Waals surface area (Å²) in [5, 5.41) is 2.52. The van der Waals surface area contributed by atoms with Crippen LogP contribution in [0.25, 0.3) is 11.1 Å². The molecule has 1 saturated heterocycles. The molecule has 1 unspecified atom stereocenters. The number of hydrogen-bond donors (Lipinski definition) is 1. The molecule has 1 N–H and O–H groups in total. The first-order valence-electron chi connectivity index (χ1n) is 12.2. The maximum Gasteiger partial charge on any atom is 0.409 e. The SMILES string of the molecule is CC1(C)O[C@H](c2ccc(-c3ccc(C(NCc4ccccc4)C(F)(F)F)nc3)cc2)[C@@H](CF)N1C(=O)C(F)F. The van der Waals surface area contributed by atoms with Crippen LogP contribution in [0.2, 0.25) is 0 Å². The molecule has 0 radical (unpaired) electrons. The number of halogens is 6. The van der Waals surface area contributed by atoms with Crippen molar-refractivity contribution in [1.29, 1.82) is 0 Å². The van der Waals surface area contributed by atoms with Crippen molar-refractivity contribution >= 4 is 5.91 Å². The van der Waals surface area contributed by atoms with Gasteiger partial charge in [-0.3, -0.25) is 15.1 Å². The summed E-state index contributed by atoms with van der Waals surface area (Å²) in [7, 11) is 0. The number of carbonyl (C=O) groups is 1. The molecule has 1 aliphatic heterocycles. The van der Waals surface area contributed by atoms with E-state index in [1.54, 1.807) is 54.6 Å². The third kappa shape index (κ3) is 6.25. The van der Waals surface area contributed by atoms with Gasteiger partial charge in [-0.15, -0.1) is 0 Å². The van der Waals surface area contributed by atoms with Gasteiger partial charge in [0.25, 0.3) is 5.91 Å². The van der Waals surface area contributed by atoms with Gasteiger partial charge >= 0.3 is 12.6 Å². The number of carbonyl (C=O) groups excluding carboxylic acids is 1. The van der Waals surface area contributed by atoms with E-state index in [1.165, 1.54) is 32.2 Å². The first-order valence-corrected chi connectivity index (χ1v) is 12.2. The van der Waals surface area contributed by atoms with Gasteiger partial charge in [0.15, 0.2) is 0 Å². The summed E-state index contributed by atoms with van der Waals surface area (Å²) in [6, 6.07) is 14.8. The second kappa shape index (κ2) is 11.4. The van der Waals surface area contributed by atoms with E-state index in [0.717, 1.165) is 4.90 Å². The van der Waals surface area contributed by atoms with E-state index in [9.17, 15) is 31.1 Å². The monoisotopic (exact) mass is 551 g/mol. The van der Waals surface area contributed by atoms with Gasteiger partial charge in [-0.05, 0) is 36.6 Å². The number of nitrogens with zero attached hydrogens (tertiary/aromatic N) is 2. The Morgan fingerprint density at radius 2 is 1.67 bits per heavy atom. The van der Waals surface area contributed by atoms with Gasteiger partial charge in [0.2, 0.25) is 0 Å². The summed E-state index contributed by atoms with van der Waals surface area (Å²) in [6.45, 7) is 1.76. The average Bonchev–Trinajstić information content (AvgIpc) is 3.18. The minimum Gasteiger partial charge on any atom is -0.346 e. The Kier molecular flexibility index (Phi) is 8.31. The van der Waals surface area contributed by atoms with E-state index in [2.05, 4.69) is 10.3 Å². The molecule has 1 aromatic heterocycles. The van der Waals surface area contributed by atoms with E-state index in [0.29, 0.717) is 22.3 Å². The van der Waals surface area contributed by atoms with Crippen LogP contribution in [0.15, 0.2) is 72.9 Å². The van der Waals surface area contributed by atoms with Gasteiger partial charge in [0, 0.05) is 18.3 Å². The van der Waals surface area contributed by atoms with Gasteiger partial charge in [-0.2, -0.15) is 22.0 Å². The summed E-state index contributed by atoms with van der Waals surface area (Å²) in [5.41, 5.74) is 0.694. The topological polar surface area (TPSA) is 54.5 Å². The van der Waals surface area contributed by atoms with E-state index < -0.39 is 49.1 Å². The summed E-state index contributed by atoms with van der Waals surface area (Å²) < 4.78 is 87.2. The zero-order chi connectivity index (χ0) is 28.4. The molecule has 11 heteroatoms. The van der Waals surface area contributed by atoms with Crippen LogP contribution >= 0.6 is 0 Å². The highest BCUT2D eigenvalue weighted by molar-refractivity contribution is 5.80. The van der Waals surface area contributed by atoms with Crippen LogP contribution in [-0.2, 0) is 16.1 Å². The van der Waals surface area contributed by atoms with Gasteiger partial charge < -0.3 is 9.64 Å². The molecule has 0 bridgehead atoms. The van der Waals surface area contributed by atoms with Crippen molar-refractivity contribution in [3.63, 3.8) is 0 Å². The Morgan fingerprint density at radius 1 is 1.03 bits per heavy atom. The van der Waals surface area contributed by atoms with Crippen LogP contribution in [0.3, 0.4) is 0 Å². The van der Waals surface area contributed by atoms with Crippen molar-refractivity contribution in [2.75, 3.05) is 6.67 Å². The molecule has 39 heavy (non-hydrogen) atoms. The average molecular weight is 552 g/mol. The zero-order valence-electron chi connectivity index (χ0n) is 21.1. The molecule has 5 nitrogen and oxygen atoms in total. The number of rotatable bonds is 8. The van der Waals surface area contributed by atoms with Crippen LogP contribution in [0, 0.1) is 0 Å². The largest absolute Gasteiger partial charge is 0.409 e. The van der Waals surface area contributed by atoms with Crippen LogP contribution in [0.4, 0.5) is 26.3 Å². The molecule has 0 spiro atoms. The maximum absolute atomic E-state index is 13.9. The fraction of sp³-hybridized carbons (Fsp3) is 0.357. The highest BCUT2D eigenvalue weighted by atomic mass is 19.4. The van der Waals surface area contributed by atoms with Gasteiger partial charge in [0.05, 0.1) is 11.7 Å². The smallest absolute Gasteiger partial charge is 0.346 e. The Labute approximate surface area is 221 Å². The van der Waals surface area contributed by atoms with Crippen LogP contribution in [0.1, 0.15) is 42.8 Å². The summed E-state index contributed by atoms with van der Waals surface area (Å²) in [4.78, 5) is 16.8. The van der Waals surface area contributed by atoms with Crippen LogP contribution in [-0.4, -0.2) is 46.8 Å². The van der Waals surface area contributed by atoms with Crippen molar-refractivity contribution in [3.8, 4) is 11.1 Å². The number of amides is 1. The first kappa shape index (κ1) is 28.6. The van der Waals surface area contributed by atoms with Gasteiger partial charge in [-0.1, -0.05) is 60.7 Å².